The van der Waals surface area contributed by atoms with Crippen LogP contribution in [0.15, 0.2) is 18.2 Å². The summed E-state index contributed by atoms with van der Waals surface area (Å²) in [7, 11) is 0. The van der Waals surface area contributed by atoms with E-state index in [1.807, 2.05) is 32.0 Å². The molecule has 1 aromatic rings. The van der Waals surface area contributed by atoms with E-state index in [1.54, 1.807) is 0 Å². The fourth-order valence-corrected chi connectivity index (χ4v) is 2.85. The molecule has 4 nitrogen and oxygen atoms in total. The van der Waals surface area contributed by atoms with Gasteiger partial charge in [-0.05, 0) is 38.0 Å². The van der Waals surface area contributed by atoms with Crippen molar-refractivity contribution in [3.8, 4) is 5.75 Å². The molecule has 1 saturated heterocycles. The van der Waals surface area contributed by atoms with E-state index in [1.165, 1.54) is 0 Å². The quantitative estimate of drug-likeness (QED) is 0.817. The topological polar surface area (TPSA) is 47.6 Å². The Balaban J connectivity index is 2.07. The summed E-state index contributed by atoms with van der Waals surface area (Å²) in [5, 5.41) is 2.96. The van der Waals surface area contributed by atoms with Crippen LogP contribution in [0.2, 0.25) is 0 Å². The molecule has 0 bridgehead atoms. The highest BCUT2D eigenvalue weighted by molar-refractivity contribution is 6.17. The molecule has 1 fully saturated rings. The van der Waals surface area contributed by atoms with Gasteiger partial charge in [0, 0.05) is 17.9 Å². The highest BCUT2D eigenvalue weighted by Crippen LogP contribution is 2.27. The molecule has 1 N–H and O–H groups in total. The van der Waals surface area contributed by atoms with E-state index in [9.17, 15) is 4.79 Å². The van der Waals surface area contributed by atoms with E-state index in [-0.39, 0.29) is 17.9 Å². The Morgan fingerprint density at radius 3 is 2.95 bits per heavy atom. The summed E-state index contributed by atoms with van der Waals surface area (Å²) in [4.78, 5) is 12.3. The zero-order valence-corrected chi connectivity index (χ0v) is 13.3. The van der Waals surface area contributed by atoms with Crippen LogP contribution in [0, 0.1) is 5.92 Å². The van der Waals surface area contributed by atoms with Crippen LogP contribution in [-0.4, -0.2) is 25.2 Å². The molecule has 1 aliphatic heterocycles. The highest BCUT2D eigenvalue weighted by atomic mass is 35.5. The zero-order valence-electron chi connectivity index (χ0n) is 12.5. The summed E-state index contributed by atoms with van der Waals surface area (Å²) < 4.78 is 11.1. The van der Waals surface area contributed by atoms with Crippen molar-refractivity contribution in [2.45, 2.75) is 38.7 Å². The molecule has 21 heavy (non-hydrogen) atoms. The third-order valence-electron chi connectivity index (χ3n) is 3.72. The Hall–Kier alpha value is -1.26. The number of ether oxygens (including phenoxy) is 2. The number of carbonyl (C=O) groups is 1. The Kier molecular flexibility index (Phi) is 5.88. The van der Waals surface area contributed by atoms with Crippen molar-refractivity contribution in [2.75, 3.05) is 18.5 Å². The number of carbonyl (C=O) groups excluding carboxylic acids is 1. The predicted octanol–water partition coefficient (Wildman–Crippen LogP) is 3.58. The van der Waals surface area contributed by atoms with Gasteiger partial charge in [0.2, 0.25) is 5.91 Å². The Morgan fingerprint density at radius 1 is 1.48 bits per heavy atom. The summed E-state index contributed by atoms with van der Waals surface area (Å²) in [6.07, 6.45) is 1.66. The molecule has 1 aliphatic rings. The van der Waals surface area contributed by atoms with Gasteiger partial charge in [0.05, 0.1) is 24.5 Å². The second kappa shape index (κ2) is 7.66. The number of halogens is 1. The van der Waals surface area contributed by atoms with Gasteiger partial charge in [0.25, 0.3) is 0 Å². The minimum absolute atomic E-state index is 0.0176. The molecule has 116 valence electrons. The summed E-state index contributed by atoms with van der Waals surface area (Å²) in [5.74, 6) is 1.06. The second-order valence-corrected chi connectivity index (χ2v) is 5.36. The van der Waals surface area contributed by atoms with Crippen LogP contribution in [0.5, 0.6) is 5.75 Å². The van der Waals surface area contributed by atoms with Crippen molar-refractivity contribution in [3.63, 3.8) is 0 Å². The molecule has 1 heterocycles. The predicted molar refractivity (Wildman–Crippen MR) is 83.9 cm³/mol. The lowest BCUT2D eigenvalue weighted by Gasteiger charge is -2.17. The van der Waals surface area contributed by atoms with Crippen LogP contribution < -0.4 is 10.1 Å². The largest absolute Gasteiger partial charge is 0.494 e. The lowest BCUT2D eigenvalue weighted by Crippen LogP contribution is -2.29. The molecule has 1 amide bonds. The molecule has 2 rings (SSSR count). The van der Waals surface area contributed by atoms with E-state index in [0.29, 0.717) is 19.1 Å². The number of hydrogen-bond acceptors (Lipinski definition) is 3. The number of hydrogen-bond donors (Lipinski definition) is 1. The molecule has 0 saturated carbocycles. The third kappa shape index (κ3) is 3.89. The maximum Gasteiger partial charge on any atom is 0.230 e. The smallest absolute Gasteiger partial charge is 0.230 e. The molecule has 5 heteroatoms. The number of benzene rings is 1. The maximum absolute atomic E-state index is 12.3. The van der Waals surface area contributed by atoms with Crippen molar-refractivity contribution in [2.24, 2.45) is 5.92 Å². The van der Waals surface area contributed by atoms with Crippen molar-refractivity contribution < 1.29 is 14.3 Å². The van der Waals surface area contributed by atoms with E-state index in [4.69, 9.17) is 21.1 Å². The summed E-state index contributed by atoms with van der Waals surface area (Å²) in [6.45, 7) is 5.22. The SMILES string of the molecule is CCOc1ccc(NC(=O)C2CCOC2CC)cc1CCl. The third-order valence-corrected chi connectivity index (χ3v) is 4.01. The average Bonchev–Trinajstić information content (AvgIpc) is 2.97. The Bertz CT molecular complexity index is 492. The van der Waals surface area contributed by atoms with Gasteiger partial charge >= 0.3 is 0 Å². The normalized spacial score (nSPS) is 21.3. The molecule has 0 aliphatic carbocycles. The number of rotatable bonds is 6. The monoisotopic (exact) mass is 311 g/mol. The number of nitrogens with one attached hydrogen (secondary N) is 1. The first-order valence-corrected chi connectivity index (χ1v) is 7.97. The summed E-state index contributed by atoms with van der Waals surface area (Å²) in [6, 6.07) is 5.56. The standard InChI is InChI=1S/C16H22ClNO3/c1-3-14-13(7-8-21-14)16(19)18-12-5-6-15(20-4-2)11(9-12)10-17/h5-6,9,13-14H,3-4,7-8,10H2,1-2H3,(H,18,19). The molecule has 2 atom stereocenters. The summed E-state index contributed by atoms with van der Waals surface area (Å²) >= 11 is 5.94. The van der Waals surface area contributed by atoms with Gasteiger partial charge in [-0.2, -0.15) is 0 Å². The average molecular weight is 312 g/mol. The minimum Gasteiger partial charge on any atom is -0.494 e. The first-order valence-electron chi connectivity index (χ1n) is 7.43. The van der Waals surface area contributed by atoms with Crippen molar-refractivity contribution in [1.29, 1.82) is 0 Å². The van der Waals surface area contributed by atoms with Gasteiger partial charge in [-0.3, -0.25) is 4.79 Å². The van der Waals surface area contributed by atoms with Crippen LogP contribution in [0.4, 0.5) is 5.69 Å². The fourth-order valence-electron chi connectivity index (χ4n) is 2.64. The molecule has 2 unspecified atom stereocenters. The summed E-state index contributed by atoms with van der Waals surface area (Å²) in [5.41, 5.74) is 1.63. The lowest BCUT2D eigenvalue weighted by molar-refractivity contribution is -0.121. The second-order valence-electron chi connectivity index (χ2n) is 5.09. The molecular weight excluding hydrogens is 290 g/mol. The Morgan fingerprint density at radius 2 is 2.29 bits per heavy atom. The molecular formula is C16H22ClNO3. The van der Waals surface area contributed by atoms with E-state index < -0.39 is 0 Å². The lowest BCUT2D eigenvalue weighted by atomic mass is 9.98. The van der Waals surface area contributed by atoms with Crippen molar-refractivity contribution in [1.82, 2.24) is 0 Å². The Labute approximate surface area is 130 Å². The van der Waals surface area contributed by atoms with Gasteiger partial charge in [0.15, 0.2) is 0 Å². The van der Waals surface area contributed by atoms with Gasteiger partial charge in [0.1, 0.15) is 5.75 Å². The van der Waals surface area contributed by atoms with Crippen LogP contribution in [0.1, 0.15) is 32.3 Å². The maximum atomic E-state index is 12.3. The van der Waals surface area contributed by atoms with Crippen LogP contribution >= 0.6 is 11.6 Å². The van der Waals surface area contributed by atoms with Crippen LogP contribution in [0.3, 0.4) is 0 Å². The minimum atomic E-state index is -0.0685. The van der Waals surface area contributed by atoms with Gasteiger partial charge in [-0.1, -0.05) is 6.92 Å². The van der Waals surface area contributed by atoms with Crippen molar-refractivity contribution >= 4 is 23.2 Å². The first-order chi connectivity index (χ1) is 10.2. The fraction of sp³-hybridized carbons (Fsp3) is 0.562. The number of alkyl halides is 1. The van der Waals surface area contributed by atoms with Crippen LogP contribution in [-0.2, 0) is 15.4 Å². The first kappa shape index (κ1) is 16.1. The van der Waals surface area contributed by atoms with Gasteiger partial charge in [-0.25, -0.2) is 0 Å². The molecule has 0 aromatic heterocycles. The van der Waals surface area contributed by atoms with E-state index >= 15 is 0 Å². The number of amides is 1. The van der Waals surface area contributed by atoms with Gasteiger partial charge < -0.3 is 14.8 Å². The zero-order chi connectivity index (χ0) is 15.2. The van der Waals surface area contributed by atoms with Gasteiger partial charge in [-0.15, -0.1) is 11.6 Å². The van der Waals surface area contributed by atoms with E-state index in [0.717, 1.165) is 29.8 Å². The molecule has 0 radical (unpaired) electrons. The molecule has 0 spiro atoms. The highest BCUT2D eigenvalue weighted by Gasteiger charge is 2.32. The molecule has 1 aromatic carbocycles. The van der Waals surface area contributed by atoms with Crippen molar-refractivity contribution in [3.05, 3.63) is 23.8 Å². The van der Waals surface area contributed by atoms with E-state index in [2.05, 4.69) is 5.32 Å². The van der Waals surface area contributed by atoms with Crippen LogP contribution in [0.25, 0.3) is 0 Å². The number of anilines is 1.